The van der Waals surface area contributed by atoms with Crippen molar-refractivity contribution in [3.05, 3.63) is 113 Å². The third-order valence-corrected chi connectivity index (χ3v) is 9.13. The Morgan fingerprint density at radius 3 is 2.62 bits per heavy atom. The van der Waals surface area contributed by atoms with Gasteiger partial charge in [-0.2, -0.15) is 0 Å². The zero-order chi connectivity index (χ0) is 34.5. The van der Waals surface area contributed by atoms with Crippen molar-refractivity contribution in [1.82, 2.24) is 10.2 Å². The SMILES string of the molecule is COc1cc(C=O)cc(I)c1O[C@H]1C=C(C(=O)NCCO)C[C@@H](N(Cc2ccc(Cl)cc2Cl)C(=O)c2cc3ccccc3oc2=O)[C@@H]1O. The van der Waals surface area contributed by atoms with E-state index in [-0.39, 0.29) is 59.4 Å². The Morgan fingerprint density at radius 2 is 1.92 bits per heavy atom. The Labute approximate surface area is 298 Å². The summed E-state index contributed by atoms with van der Waals surface area (Å²) in [7, 11) is 1.39. The molecule has 1 aliphatic rings. The number of nitrogens with zero attached hydrogens (tertiary/aromatic N) is 1. The third kappa shape index (κ3) is 7.68. The van der Waals surface area contributed by atoms with E-state index < -0.39 is 35.7 Å². The third-order valence-electron chi connectivity index (χ3n) is 7.74. The summed E-state index contributed by atoms with van der Waals surface area (Å²) in [5, 5.41) is 25.0. The topological polar surface area (TPSA) is 156 Å². The maximum atomic E-state index is 14.4. The summed E-state index contributed by atoms with van der Waals surface area (Å²) in [6, 6.07) is 14.7. The van der Waals surface area contributed by atoms with Gasteiger partial charge in [0.05, 0.1) is 23.3 Å². The summed E-state index contributed by atoms with van der Waals surface area (Å²) < 4.78 is 17.7. The molecule has 48 heavy (non-hydrogen) atoms. The average molecular weight is 807 g/mol. The van der Waals surface area contributed by atoms with Crippen molar-refractivity contribution in [2.75, 3.05) is 20.3 Å². The lowest BCUT2D eigenvalue weighted by molar-refractivity contribution is -0.118. The summed E-state index contributed by atoms with van der Waals surface area (Å²) in [4.78, 5) is 53.6. The number of benzene rings is 3. The predicted molar refractivity (Wildman–Crippen MR) is 187 cm³/mol. The monoisotopic (exact) mass is 806 g/mol. The van der Waals surface area contributed by atoms with E-state index in [4.69, 9.17) is 37.1 Å². The van der Waals surface area contributed by atoms with Gasteiger partial charge in [0.25, 0.3) is 5.91 Å². The maximum absolute atomic E-state index is 14.4. The van der Waals surface area contributed by atoms with E-state index in [1.54, 1.807) is 42.5 Å². The molecule has 0 saturated carbocycles. The van der Waals surface area contributed by atoms with Gasteiger partial charge in [-0.25, -0.2) is 4.79 Å². The molecule has 0 fully saturated rings. The molecule has 4 aromatic rings. The van der Waals surface area contributed by atoms with Crippen LogP contribution in [0.2, 0.25) is 10.0 Å². The van der Waals surface area contributed by atoms with Gasteiger partial charge in [0.1, 0.15) is 29.6 Å². The smallest absolute Gasteiger partial charge is 0.349 e. The van der Waals surface area contributed by atoms with E-state index in [0.717, 1.165) is 0 Å². The van der Waals surface area contributed by atoms with E-state index in [1.165, 1.54) is 36.3 Å². The number of carbonyl (C=O) groups is 3. The summed E-state index contributed by atoms with van der Waals surface area (Å²) in [6.07, 6.45) is -0.774. The first-order chi connectivity index (χ1) is 23.0. The summed E-state index contributed by atoms with van der Waals surface area (Å²) in [6.45, 7) is -0.564. The van der Waals surface area contributed by atoms with Crippen molar-refractivity contribution >= 4 is 74.9 Å². The number of aldehydes is 1. The average Bonchev–Trinajstić information content (AvgIpc) is 3.07. The molecule has 0 saturated heterocycles. The highest BCUT2D eigenvalue weighted by Crippen LogP contribution is 2.37. The van der Waals surface area contributed by atoms with Crippen molar-refractivity contribution in [1.29, 1.82) is 0 Å². The number of hydrogen-bond acceptors (Lipinski definition) is 9. The molecule has 3 aromatic carbocycles. The number of aliphatic hydroxyl groups excluding tert-OH is 2. The van der Waals surface area contributed by atoms with Gasteiger partial charge < -0.3 is 34.3 Å². The zero-order valence-electron chi connectivity index (χ0n) is 25.3. The van der Waals surface area contributed by atoms with Gasteiger partial charge in [-0.05, 0) is 70.6 Å². The van der Waals surface area contributed by atoms with Crippen LogP contribution in [0, 0.1) is 3.57 Å². The largest absolute Gasteiger partial charge is 0.493 e. The molecule has 14 heteroatoms. The number of hydrogen-bond donors (Lipinski definition) is 3. The lowest BCUT2D eigenvalue weighted by Crippen LogP contribution is -2.55. The minimum absolute atomic E-state index is 0.0467. The molecular formula is C34H29Cl2IN2O9. The molecular weight excluding hydrogens is 778 g/mol. The Bertz CT molecular complexity index is 1970. The standard InChI is InChI=1S/C34H29Cl2IN2O9/c1-46-29-11-18(17-41)10-25(37)31(29)47-28-14-21(32(43)38-8-9-40)13-26(30(28)42)39(16-20-6-7-22(35)15-24(20)36)33(44)23-12-19-4-2-3-5-27(19)48-34(23)45/h2-7,10-12,14-15,17,26,28,30,40,42H,8-9,13,16H2,1H3,(H,38,43)/t26-,28+,30+/m1/s1. The van der Waals surface area contributed by atoms with Gasteiger partial charge in [-0.3, -0.25) is 14.4 Å². The van der Waals surface area contributed by atoms with Crippen LogP contribution in [0.3, 0.4) is 0 Å². The molecule has 2 amide bonds. The van der Waals surface area contributed by atoms with Gasteiger partial charge in [-0.15, -0.1) is 0 Å². The van der Waals surface area contributed by atoms with Crippen LogP contribution in [0.1, 0.15) is 32.7 Å². The molecule has 0 unspecified atom stereocenters. The zero-order valence-corrected chi connectivity index (χ0v) is 29.0. The van der Waals surface area contributed by atoms with Crippen LogP contribution in [0.4, 0.5) is 0 Å². The van der Waals surface area contributed by atoms with Crippen molar-refractivity contribution in [3.63, 3.8) is 0 Å². The first-order valence-corrected chi connectivity index (χ1v) is 16.4. The molecule has 3 N–H and O–H groups in total. The Kier molecular flexibility index (Phi) is 11.4. The summed E-state index contributed by atoms with van der Waals surface area (Å²) in [5.74, 6) is -0.960. The van der Waals surface area contributed by atoms with E-state index >= 15 is 0 Å². The normalized spacial score (nSPS) is 17.4. The van der Waals surface area contributed by atoms with Gasteiger partial charge in [-0.1, -0.05) is 47.5 Å². The van der Waals surface area contributed by atoms with Gasteiger partial charge in [0, 0.05) is 46.1 Å². The molecule has 0 radical (unpaired) electrons. The number of fused-ring (bicyclic) bond motifs is 1. The van der Waals surface area contributed by atoms with Crippen LogP contribution in [-0.2, 0) is 11.3 Å². The van der Waals surface area contributed by atoms with Crippen molar-refractivity contribution in [3.8, 4) is 11.5 Å². The predicted octanol–water partition coefficient (Wildman–Crippen LogP) is 4.78. The second kappa shape index (κ2) is 15.5. The molecule has 5 rings (SSSR count). The van der Waals surface area contributed by atoms with E-state index in [0.29, 0.717) is 31.4 Å². The quantitative estimate of drug-likeness (QED) is 0.110. The van der Waals surface area contributed by atoms with Crippen LogP contribution in [0.15, 0.2) is 81.5 Å². The van der Waals surface area contributed by atoms with Crippen LogP contribution < -0.4 is 20.4 Å². The number of rotatable bonds is 11. The van der Waals surface area contributed by atoms with E-state index in [1.807, 2.05) is 22.6 Å². The van der Waals surface area contributed by atoms with Crippen LogP contribution in [-0.4, -0.2) is 71.7 Å². The maximum Gasteiger partial charge on any atom is 0.349 e. The number of amides is 2. The van der Waals surface area contributed by atoms with Gasteiger partial charge >= 0.3 is 5.63 Å². The molecule has 3 atom stereocenters. The van der Waals surface area contributed by atoms with E-state index in [9.17, 15) is 29.4 Å². The molecule has 0 spiro atoms. The molecule has 0 aliphatic heterocycles. The Balaban J connectivity index is 1.62. The lowest BCUT2D eigenvalue weighted by Gasteiger charge is -2.40. The Hall–Kier alpha value is -3.95. The molecule has 250 valence electrons. The van der Waals surface area contributed by atoms with Gasteiger partial charge in [0.15, 0.2) is 11.5 Å². The Morgan fingerprint density at radius 1 is 1.15 bits per heavy atom. The van der Waals surface area contributed by atoms with Gasteiger partial charge in [0.2, 0.25) is 5.91 Å². The van der Waals surface area contributed by atoms with Crippen LogP contribution >= 0.6 is 45.8 Å². The number of aliphatic hydroxyl groups is 2. The highest BCUT2D eigenvalue weighted by Gasteiger charge is 2.42. The molecule has 11 nitrogen and oxygen atoms in total. The fourth-order valence-electron chi connectivity index (χ4n) is 5.38. The number of nitrogens with one attached hydrogen (secondary N) is 1. The first-order valence-electron chi connectivity index (χ1n) is 14.6. The van der Waals surface area contributed by atoms with E-state index in [2.05, 4.69) is 5.32 Å². The second-order valence-corrected chi connectivity index (χ2v) is 12.8. The summed E-state index contributed by atoms with van der Waals surface area (Å²) in [5.41, 5.74) is 0.0158. The minimum Gasteiger partial charge on any atom is -0.493 e. The number of methoxy groups -OCH3 is 1. The molecule has 1 aromatic heterocycles. The number of carbonyl (C=O) groups excluding carboxylic acids is 3. The number of halogens is 3. The lowest BCUT2D eigenvalue weighted by atomic mass is 9.87. The van der Waals surface area contributed by atoms with Crippen LogP contribution in [0.25, 0.3) is 11.0 Å². The van der Waals surface area contributed by atoms with Crippen LogP contribution in [0.5, 0.6) is 11.5 Å². The second-order valence-electron chi connectivity index (χ2n) is 10.8. The minimum atomic E-state index is -1.46. The molecule has 1 aliphatic carbocycles. The van der Waals surface area contributed by atoms with Crippen molar-refractivity contribution in [2.24, 2.45) is 0 Å². The molecule has 1 heterocycles. The highest BCUT2D eigenvalue weighted by atomic mass is 127. The first kappa shape index (κ1) is 35.4. The molecule has 0 bridgehead atoms. The highest BCUT2D eigenvalue weighted by molar-refractivity contribution is 14.1. The number of para-hydroxylation sites is 1. The fraction of sp³-hybridized carbons (Fsp3) is 0.235. The van der Waals surface area contributed by atoms with Crippen molar-refractivity contribution in [2.45, 2.75) is 31.2 Å². The fourth-order valence-corrected chi connectivity index (χ4v) is 6.60. The summed E-state index contributed by atoms with van der Waals surface area (Å²) >= 11 is 14.6. The van der Waals surface area contributed by atoms with Crippen molar-refractivity contribution < 1.29 is 38.5 Å². The number of ether oxygens (including phenoxy) is 2.